The Morgan fingerprint density at radius 3 is 2.62 bits per heavy atom. The molecule has 21 heavy (non-hydrogen) atoms. The molecule has 0 radical (unpaired) electrons. The van der Waals surface area contributed by atoms with E-state index in [0.29, 0.717) is 39.5 Å². The number of benzene rings is 2. The lowest BCUT2D eigenvalue weighted by Crippen LogP contribution is -2.10. The highest BCUT2D eigenvalue weighted by Gasteiger charge is 2.10. The van der Waals surface area contributed by atoms with Gasteiger partial charge in [-0.2, -0.15) is 0 Å². The van der Waals surface area contributed by atoms with Crippen LogP contribution in [0.15, 0.2) is 47.4 Å². The zero-order chi connectivity index (χ0) is 15.2. The molecule has 0 saturated carbocycles. The van der Waals surface area contributed by atoms with Crippen LogP contribution in [0.3, 0.4) is 0 Å². The Morgan fingerprint density at radius 1 is 1.19 bits per heavy atom. The average molecular weight is 326 g/mol. The third kappa shape index (κ3) is 4.12. The molecule has 6 heteroatoms. The quantitative estimate of drug-likeness (QED) is 0.829. The Kier molecular flexibility index (Phi) is 5.47. The van der Waals surface area contributed by atoms with Crippen molar-refractivity contribution >= 4 is 28.1 Å². The number of methoxy groups -OCH3 is 1. The second-order valence-corrected chi connectivity index (χ2v) is 6.21. The minimum absolute atomic E-state index is 0.291. The SMILES string of the molecule is COc1ccccc1OCCS(=O)c1cc(Cl)ccc1N. The third-order valence-corrected chi connectivity index (χ3v) is 4.43. The molecule has 0 fully saturated rings. The average Bonchev–Trinajstić information content (AvgIpc) is 2.50. The maximum Gasteiger partial charge on any atom is 0.161 e. The van der Waals surface area contributed by atoms with E-state index in [9.17, 15) is 4.21 Å². The molecule has 0 spiro atoms. The number of hydrogen-bond acceptors (Lipinski definition) is 4. The fourth-order valence-electron chi connectivity index (χ4n) is 1.78. The predicted octanol–water partition coefficient (Wildman–Crippen LogP) is 3.12. The van der Waals surface area contributed by atoms with Crippen LogP contribution in [-0.2, 0) is 10.8 Å². The molecule has 2 aromatic rings. The maximum absolute atomic E-state index is 12.2. The van der Waals surface area contributed by atoms with Crippen LogP contribution in [0, 0.1) is 0 Å². The first-order valence-corrected chi connectivity index (χ1v) is 8.00. The summed E-state index contributed by atoms with van der Waals surface area (Å²) in [7, 11) is 0.314. The minimum Gasteiger partial charge on any atom is -0.493 e. The fourth-order valence-corrected chi connectivity index (χ4v) is 3.06. The standard InChI is InChI=1S/C15H16ClNO3S/c1-19-13-4-2-3-5-14(13)20-8-9-21(18)15-10-11(16)6-7-12(15)17/h2-7,10H,8-9,17H2,1H3. The number of rotatable bonds is 6. The molecule has 0 aromatic heterocycles. The van der Waals surface area contributed by atoms with E-state index in [0.717, 1.165) is 0 Å². The van der Waals surface area contributed by atoms with E-state index in [-0.39, 0.29) is 0 Å². The fraction of sp³-hybridized carbons (Fsp3) is 0.200. The van der Waals surface area contributed by atoms with E-state index in [1.54, 1.807) is 37.4 Å². The predicted molar refractivity (Wildman–Crippen MR) is 85.6 cm³/mol. The van der Waals surface area contributed by atoms with Crippen LogP contribution in [0.25, 0.3) is 0 Å². The summed E-state index contributed by atoms with van der Waals surface area (Å²) >= 11 is 5.89. The normalized spacial score (nSPS) is 11.9. The number of hydrogen-bond donors (Lipinski definition) is 1. The number of ether oxygens (including phenoxy) is 2. The molecule has 0 aliphatic rings. The highest BCUT2D eigenvalue weighted by atomic mass is 35.5. The minimum atomic E-state index is -1.26. The van der Waals surface area contributed by atoms with Crippen molar-refractivity contribution in [1.29, 1.82) is 0 Å². The maximum atomic E-state index is 12.2. The lowest BCUT2D eigenvalue weighted by atomic mass is 10.3. The Morgan fingerprint density at radius 2 is 1.90 bits per heavy atom. The Bertz CT molecular complexity index is 649. The van der Waals surface area contributed by atoms with Gasteiger partial charge in [0.15, 0.2) is 11.5 Å². The van der Waals surface area contributed by atoms with E-state index in [2.05, 4.69) is 0 Å². The van der Waals surface area contributed by atoms with Gasteiger partial charge in [-0.3, -0.25) is 4.21 Å². The molecule has 0 aliphatic carbocycles. The molecule has 0 amide bonds. The molecule has 2 rings (SSSR count). The smallest absolute Gasteiger partial charge is 0.161 e. The molecule has 4 nitrogen and oxygen atoms in total. The Labute approximate surface area is 131 Å². The van der Waals surface area contributed by atoms with Gasteiger partial charge in [-0.05, 0) is 30.3 Å². The molecule has 0 saturated heterocycles. The van der Waals surface area contributed by atoms with Gasteiger partial charge in [0.1, 0.15) is 6.61 Å². The summed E-state index contributed by atoms with van der Waals surface area (Å²) in [6, 6.07) is 12.3. The Hall–Kier alpha value is -1.72. The van der Waals surface area contributed by atoms with E-state index in [4.69, 9.17) is 26.8 Å². The molecule has 2 aromatic carbocycles. The summed E-state index contributed by atoms with van der Waals surface area (Å²) in [5, 5.41) is 0.512. The van der Waals surface area contributed by atoms with Crippen molar-refractivity contribution in [2.75, 3.05) is 25.2 Å². The van der Waals surface area contributed by atoms with Crippen LogP contribution in [0.4, 0.5) is 5.69 Å². The van der Waals surface area contributed by atoms with Gasteiger partial charge in [0.25, 0.3) is 0 Å². The van der Waals surface area contributed by atoms with Crippen LogP contribution in [-0.4, -0.2) is 23.7 Å². The molecule has 1 atom stereocenters. The van der Waals surface area contributed by atoms with Gasteiger partial charge < -0.3 is 15.2 Å². The van der Waals surface area contributed by atoms with Crippen LogP contribution in [0.2, 0.25) is 5.02 Å². The highest BCUT2D eigenvalue weighted by molar-refractivity contribution is 7.85. The lowest BCUT2D eigenvalue weighted by Gasteiger charge is -2.10. The summed E-state index contributed by atoms with van der Waals surface area (Å²) < 4.78 is 23.0. The van der Waals surface area contributed by atoms with Crippen molar-refractivity contribution in [1.82, 2.24) is 0 Å². The first-order valence-electron chi connectivity index (χ1n) is 6.31. The molecular weight excluding hydrogens is 310 g/mol. The van der Waals surface area contributed by atoms with E-state index in [1.807, 2.05) is 12.1 Å². The van der Waals surface area contributed by atoms with Crippen LogP contribution in [0.1, 0.15) is 0 Å². The monoisotopic (exact) mass is 325 g/mol. The zero-order valence-electron chi connectivity index (χ0n) is 11.5. The van der Waals surface area contributed by atoms with Gasteiger partial charge in [0.2, 0.25) is 0 Å². The van der Waals surface area contributed by atoms with Crippen molar-refractivity contribution in [3.8, 4) is 11.5 Å². The molecule has 0 heterocycles. The van der Waals surface area contributed by atoms with Crippen molar-refractivity contribution in [3.05, 3.63) is 47.5 Å². The second-order valence-electron chi connectivity index (χ2n) is 4.23. The van der Waals surface area contributed by atoms with Crippen molar-refractivity contribution in [2.24, 2.45) is 0 Å². The lowest BCUT2D eigenvalue weighted by molar-refractivity contribution is 0.313. The summed E-state index contributed by atoms with van der Waals surface area (Å²) in [6.45, 7) is 0.291. The molecule has 1 unspecified atom stereocenters. The largest absolute Gasteiger partial charge is 0.493 e. The van der Waals surface area contributed by atoms with Gasteiger partial charge in [-0.15, -0.1) is 0 Å². The van der Waals surface area contributed by atoms with Gasteiger partial charge >= 0.3 is 0 Å². The molecule has 2 N–H and O–H groups in total. The van der Waals surface area contributed by atoms with Gasteiger partial charge in [0.05, 0.1) is 28.6 Å². The molecule has 112 valence electrons. The van der Waals surface area contributed by atoms with Crippen molar-refractivity contribution in [3.63, 3.8) is 0 Å². The molecule has 0 bridgehead atoms. The molecular formula is C15H16ClNO3S. The summed E-state index contributed by atoms with van der Waals surface area (Å²) in [6.07, 6.45) is 0. The number of anilines is 1. The topological polar surface area (TPSA) is 61.5 Å². The van der Waals surface area contributed by atoms with Gasteiger partial charge in [-0.1, -0.05) is 23.7 Å². The third-order valence-electron chi connectivity index (χ3n) is 2.82. The summed E-state index contributed by atoms with van der Waals surface area (Å²) in [4.78, 5) is 0.533. The number of halogens is 1. The van der Waals surface area contributed by atoms with Crippen LogP contribution < -0.4 is 15.2 Å². The van der Waals surface area contributed by atoms with Gasteiger partial charge in [-0.25, -0.2) is 0 Å². The first kappa shape index (κ1) is 15.7. The van der Waals surface area contributed by atoms with E-state index in [1.165, 1.54) is 0 Å². The highest BCUT2D eigenvalue weighted by Crippen LogP contribution is 2.26. The zero-order valence-corrected chi connectivity index (χ0v) is 13.1. The summed E-state index contributed by atoms with van der Waals surface area (Å²) in [5.41, 5.74) is 6.27. The van der Waals surface area contributed by atoms with Gasteiger partial charge in [0, 0.05) is 10.7 Å². The number of nitrogen functional groups attached to an aromatic ring is 1. The summed E-state index contributed by atoms with van der Waals surface area (Å²) in [5.74, 6) is 1.59. The van der Waals surface area contributed by atoms with E-state index >= 15 is 0 Å². The van der Waals surface area contributed by atoms with Crippen molar-refractivity contribution < 1.29 is 13.7 Å². The molecule has 0 aliphatic heterocycles. The number of nitrogens with two attached hydrogens (primary N) is 1. The Balaban J connectivity index is 1.97. The van der Waals surface area contributed by atoms with E-state index < -0.39 is 10.8 Å². The number of para-hydroxylation sites is 2. The second kappa shape index (κ2) is 7.33. The first-order chi connectivity index (χ1) is 10.1. The van der Waals surface area contributed by atoms with Crippen LogP contribution in [0.5, 0.6) is 11.5 Å². The van der Waals surface area contributed by atoms with Crippen molar-refractivity contribution in [2.45, 2.75) is 4.90 Å². The van der Waals surface area contributed by atoms with Crippen LogP contribution >= 0.6 is 11.6 Å².